The molecule has 26 heavy (non-hydrogen) atoms. The molecule has 5 nitrogen and oxygen atoms in total. The van der Waals surface area contributed by atoms with Gasteiger partial charge < -0.3 is 19.3 Å². The van der Waals surface area contributed by atoms with Crippen molar-refractivity contribution in [3.63, 3.8) is 0 Å². The molecule has 2 aromatic rings. The minimum Gasteiger partial charge on any atom is -0.497 e. The molecule has 2 saturated heterocycles. The van der Waals surface area contributed by atoms with E-state index in [9.17, 15) is 4.79 Å². The Morgan fingerprint density at radius 1 is 1.04 bits per heavy atom. The van der Waals surface area contributed by atoms with Gasteiger partial charge in [0.05, 0.1) is 20.3 Å². The zero-order valence-corrected chi connectivity index (χ0v) is 14.9. The summed E-state index contributed by atoms with van der Waals surface area (Å²) in [5, 5.41) is 0. The lowest BCUT2D eigenvalue weighted by Gasteiger charge is -2.61. The van der Waals surface area contributed by atoms with Crippen molar-refractivity contribution in [2.75, 3.05) is 38.2 Å². The Balaban J connectivity index is 1.22. The summed E-state index contributed by atoms with van der Waals surface area (Å²) in [5.74, 6) is 1.03. The van der Waals surface area contributed by atoms with Crippen LogP contribution in [-0.4, -0.2) is 44.1 Å². The van der Waals surface area contributed by atoms with E-state index in [1.807, 2.05) is 29.2 Å². The van der Waals surface area contributed by atoms with E-state index >= 15 is 0 Å². The Bertz CT molecular complexity index is 848. The van der Waals surface area contributed by atoms with E-state index < -0.39 is 0 Å². The quantitative estimate of drug-likeness (QED) is 0.854. The number of rotatable bonds is 3. The summed E-state index contributed by atoms with van der Waals surface area (Å²) in [6.07, 6.45) is 0. The van der Waals surface area contributed by atoms with Crippen molar-refractivity contribution >= 4 is 11.6 Å². The average molecular weight is 350 g/mol. The number of fused-ring (bicyclic) bond motifs is 1. The molecule has 3 aliphatic rings. The fraction of sp³-hybridized carbons (Fsp3) is 0.381. The molecule has 0 aliphatic carbocycles. The van der Waals surface area contributed by atoms with Gasteiger partial charge in [0.2, 0.25) is 0 Å². The molecule has 2 fully saturated rings. The Morgan fingerprint density at radius 3 is 2.54 bits per heavy atom. The summed E-state index contributed by atoms with van der Waals surface area (Å²) < 4.78 is 10.7. The molecule has 0 bridgehead atoms. The molecule has 3 heterocycles. The summed E-state index contributed by atoms with van der Waals surface area (Å²) in [7, 11) is 1.68. The second-order valence-electron chi connectivity index (χ2n) is 7.65. The number of carbonyl (C=O) groups is 1. The van der Waals surface area contributed by atoms with E-state index in [0.717, 1.165) is 48.6 Å². The zero-order valence-electron chi connectivity index (χ0n) is 14.9. The number of likely N-dealkylation sites (tertiary alicyclic amines) is 1. The van der Waals surface area contributed by atoms with Gasteiger partial charge in [0.15, 0.2) is 0 Å². The van der Waals surface area contributed by atoms with Crippen molar-refractivity contribution in [3.05, 3.63) is 59.2 Å². The highest BCUT2D eigenvalue weighted by Gasteiger charge is 2.53. The highest BCUT2D eigenvalue weighted by atomic mass is 16.5. The zero-order chi connectivity index (χ0) is 17.7. The molecular weight excluding hydrogens is 328 g/mol. The molecule has 5 heteroatoms. The molecular formula is C21H22N2O3. The van der Waals surface area contributed by atoms with Crippen LogP contribution in [-0.2, 0) is 18.0 Å². The molecule has 5 rings (SSSR count). The summed E-state index contributed by atoms with van der Waals surface area (Å²) >= 11 is 0. The second-order valence-corrected chi connectivity index (χ2v) is 7.65. The van der Waals surface area contributed by atoms with Crippen LogP contribution in [0.4, 0.5) is 5.69 Å². The second kappa shape index (κ2) is 5.74. The van der Waals surface area contributed by atoms with Gasteiger partial charge in [0.1, 0.15) is 5.75 Å². The maximum Gasteiger partial charge on any atom is 0.254 e. The molecule has 1 amide bonds. The van der Waals surface area contributed by atoms with Gasteiger partial charge >= 0.3 is 0 Å². The van der Waals surface area contributed by atoms with Crippen LogP contribution in [0.5, 0.6) is 5.75 Å². The molecule has 0 radical (unpaired) electrons. The Kier molecular flexibility index (Phi) is 3.47. The molecule has 2 aromatic carbocycles. The summed E-state index contributed by atoms with van der Waals surface area (Å²) in [6.45, 7) is 4.91. The number of benzene rings is 2. The lowest BCUT2D eigenvalue weighted by molar-refractivity contribution is -0.0106. The van der Waals surface area contributed by atoms with E-state index in [2.05, 4.69) is 23.1 Å². The number of hydrogen-bond donors (Lipinski definition) is 0. The van der Waals surface area contributed by atoms with Crippen LogP contribution in [0.25, 0.3) is 0 Å². The van der Waals surface area contributed by atoms with Gasteiger partial charge in [-0.15, -0.1) is 0 Å². The van der Waals surface area contributed by atoms with Crippen molar-refractivity contribution in [1.82, 2.24) is 4.90 Å². The van der Waals surface area contributed by atoms with Crippen LogP contribution in [0.1, 0.15) is 21.5 Å². The van der Waals surface area contributed by atoms with E-state index in [4.69, 9.17) is 9.47 Å². The molecule has 3 aliphatic heterocycles. The summed E-state index contributed by atoms with van der Waals surface area (Å²) in [4.78, 5) is 17.2. The Labute approximate surface area is 153 Å². The predicted octanol–water partition coefficient (Wildman–Crippen LogP) is 2.69. The van der Waals surface area contributed by atoms with Crippen molar-refractivity contribution in [2.24, 2.45) is 5.41 Å². The normalized spacial score (nSPS) is 19.7. The Hall–Kier alpha value is -2.53. The fourth-order valence-corrected chi connectivity index (χ4v) is 4.42. The van der Waals surface area contributed by atoms with Crippen molar-refractivity contribution < 1.29 is 14.3 Å². The third-order valence-electron chi connectivity index (χ3n) is 5.84. The van der Waals surface area contributed by atoms with Gasteiger partial charge in [-0.05, 0) is 41.5 Å². The van der Waals surface area contributed by atoms with E-state index in [0.29, 0.717) is 13.2 Å². The molecule has 0 saturated carbocycles. The van der Waals surface area contributed by atoms with Crippen LogP contribution in [0.2, 0.25) is 0 Å². The van der Waals surface area contributed by atoms with Crippen LogP contribution >= 0.6 is 0 Å². The maximum absolute atomic E-state index is 12.9. The predicted molar refractivity (Wildman–Crippen MR) is 98.5 cm³/mol. The summed E-state index contributed by atoms with van der Waals surface area (Å²) in [6, 6.07) is 14.1. The lowest BCUT2D eigenvalue weighted by atomic mass is 9.72. The first-order valence-corrected chi connectivity index (χ1v) is 9.04. The number of carbonyl (C=O) groups excluding carboxylic acids is 1. The minimum absolute atomic E-state index is 0.154. The maximum atomic E-state index is 12.9. The molecule has 0 aromatic heterocycles. The van der Waals surface area contributed by atoms with E-state index in [-0.39, 0.29) is 11.3 Å². The monoisotopic (exact) mass is 350 g/mol. The van der Waals surface area contributed by atoms with Gasteiger partial charge in [-0.25, -0.2) is 0 Å². The average Bonchev–Trinajstić information content (AvgIpc) is 3.08. The number of amides is 1. The highest BCUT2D eigenvalue weighted by molar-refractivity contribution is 5.96. The number of hydrogen-bond acceptors (Lipinski definition) is 4. The molecule has 134 valence electrons. The van der Waals surface area contributed by atoms with Gasteiger partial charge in [-0.3, -0.25) is 4.79 Å². The smallest absolute Gasteiger partial charge is 0.254 e. The Morgan fingerprint density at radius 2 is 1.81 bits per heavy atom. The van der Waals surface area contributed by atoms with Crippen molar-refractivity contribution in [2.45, 2.75) is 13.2 Å². The third kappa shape index (κ3) is 2.38. The third-order valence-corrected chi connectivity index (χ3v) is 5.84. The molecule has 0 unspecified atom stereocenters. The van der Waals surface area contributed by atoms with Crippen LogP contribution in [0, 0.1) is 5.41 Å². The summed E-state index contributed by atoms with van der Waals surface area (Å²) in [5.41, 5.74) is 4.54. The minimum atomic E-state index is 0.154. The topological polar surface area (TPSA) is 42.0 Å². The first-order chi connectivity index (χ1) is 12.7. The van der Waals surface area contributed by atoms with Gasteiger partial charge in [-0.2, -0.15) is 0 Å². The standard InChI is InChI=1S/C21H22N2O3/c1-25-17-7-5-16(6-8-17)22-11-21(12-22)13-23(14-21)20(24)18-4-2-3-15-9-26-10-19(15)18/h2-8H,9-14H2,1H3. The van der Waals surface area contributed by atoms with Crippen molar-refractivity contribution in [1.29, 1.82) is 0 Å². The highest BCUT2D eigenvalue weighted by Crippen LogP contribution is 2.43. The number of methoxy groups -OCH3 is 1. The molecule has 0 N–H and O–H groups in total. The van der Waals surface area contributed by atoms with E-state index in [1.165, 1.54) is 5.69 Å². The number of anilines is 1. The molecule has 0 atom stereocenters. The molecule has 1 spiro atoms. The van der Waals surface area contributed by atoms with Crippen molar-refractivity contribution in [3.8, 4) is 5.75 Å². The largest absolute Gasteiger partial charge is 0.497 e. The SMILES string of the molecule is COc1ccc(N2CC3(CN(C(=O)c4cccc5c4COC5)C3)C2)cc1. The van der Waals surface area contributed by atoms with Crippen LogP contribution < -0.4 is 9.64 Å². The van der Waals surface area contributed by atoms with Gasteiger partial charge in [-0.1, -0.05) is 12.1 Å². The van der Waals surface area contributed by atoms with E-state index in [1.54, 1.807) is 7.11 Å². The van der Waals surface area contributed by atoms with Gasteiger partial charge in [0.25, 0.3) is 5.91 Å². The number of ether oxygens (including phenoxy) is 2. The first kappa shape index (κ1) is 15.7. The lowest BCUT2D eigenvalue weighted by Crippen LogP contribution is -2.73. The fourth-order valence-electron chi connectivity index (χ4n) is 4.42. The first-order valence-electron chi connectivity index (χ1n) is 9.04. The van der Waals surface area contributed by atoms with Gasteiger partial charge in [0, 0.05) is 42.8 Å². The van der Waals surface area contributed by atoms with Crippen LogP contribution in [0.3, 0.4) is 0 Å². The van der Waals surface area contributed by atoms with Crippen LogP contribution in [0.15, 0.2) is 42.5 Å². The number of nitrogens with zero attached hydrogens (tertiary/aromatic N) is 2.